The van der Waals surface area contributed by atoms with Gasteiger partial charge in [0.1, 0.15) is 0 Å². The van der Waals surface area contributed by atoms with Crippen LogP contribution in [0.3, 0.4) is 0 Å². The van der Waals surface area contributed by atoms with Gasteiger partial charge in [-0.2, -0.15) is 0 Å². The van der Waals surface area contributed by atoms with E-state index < -0.39 is 0 Å². The van der Waals surface area contributed by atoms with Gasteiger partial charge in [0, 0.05) is 23.6 Å². The first kappa shape index (κ1) is 14.8. The number of amides is 1. The van der Waals surface area contributed by atoms with E-state index in [2.05, 4.69) is 37.4 Å². The monoisotopic (exact) mass is 294 g/mol. The van der Waals surface area contributed by atoms with Crippen LogP contribution in [0.5, 0.6) is 0 Å². The van der Waals surface area contributed by atoms with Crippen molar-refractivity contribution in [1.82, 2.24) is 0 Å². The van der Waals surface area contributed by atoms with Gasteiger partial charge >= 0.3 is 0 Å². The summed E-state index contributed by atoms with van der Waals surface area (Å²) in [6.07, 6.45) is 1.33. The standard InChI is InChI=1S/C19H22N2O/c1-19(2,15-6-4-3-5-7-15)18(20)14-8-10-16-13(12-14)9-11-17(22)21-16/h3-8,10,12,18H,9,11,20H2,1-2H3,(H,21,22). The number of hydrogen-bond acceptors (Lipinski definition) is 2. The third kappa shape index (κ3) is 2.64. The smallest absolute Gasteiger partial charge is 0.224 e. The number of nitrogens with two attached hydrogens (primary N) is 1. The second kappa shape index (κ2) is 5.58. The van der Waals surface area contributed by atoms with Gasteiger partial charge in [-0.1, -0.05) is 56.3 Å². The molecule has 1 aliphatic rings. The normalized spacial score (nSPS) is 15.9. The average Bonchev–Trinajstić information content (AvgIpc) is 2.54. The Labute approximate surface area is 131 Å². The molecule has 2 aromatic carbocycles. The Bertz CT molecular complexity index is 692. The molecule has 1 heterocycles. The van der Waals surface area contributed by atoms with Crippen LogP contribution in [0.1, 0.15) is 43.0 Å². The van der Waals surface area contributed by atoms with Gasteiger partial charge in [-0.25, -0.2) is 0 Å². The lowest BCUT2D eigenvalue weighted by atomic mass is 9.75. The van der Waals surface area contributed by atoms with E-state index in [4.69, 9.17) is 5.73 Å². The molecule has 1 atom stereocenters. The summed E-state index contributed by atoms with van der Waals surface area (Å²) in [5.74, 6) is 0.0918. The summed E-state index contributed by atoms with van der Waals surface area (Å²) in [5, 5.41) is 2.92. The van der Waals surface area contributed by atoms with E-state index in [1.165, 1.54) is 11.1 Å². The summed E-state index contributed by atoms with van der Waals surface area (Å²) in [4.78, 5) is 11.5. The second-order valence-corrected chi connectivity index (χ2v) is 6.53. The summed E-state index contributed by atoms with van der Waals surface area (Å²) in [6, 6.07) is 16.4. The van der Waals surface area contributed by atoms with Crippen molar-refractivity contribution in [1.29, 1.82) is 0 Å². The molecule has 3 nitrogen and oxygen atoms in total. The molecule has 0 saturated heterocycles. The molecule has 3 N–H and O–H groups in total. The number of fused-ring (bicyclic) bond motifs is 1. The van der Waals surface area contributed by atoms with Crippen molar-refractivity contribution in [2.45, 2.75) is 38.1 Å². The van der Waals surface area contributed by atoms with Crippen molar-refractivity contribution < 1.29 is 4.79 Å². The maximum absolute atomic E-state index is 11.5. The molecule has 0 saturated carbocycles. The Morgan fingerprint density at radius 3 is 2.55 bits per heavy atom. The number of carbonyl (C=O) groups excluding carboxylic acids is 1. The summed E-state index contributed by atoms with van der Waals surface area (Å²) in [6.45, 7) is 4.35. The summed E-state index contributed by atoms with van der Waals surface area (Å²) in [7, 11) is 0. The van der Waals surface area contributed by atoms with Crippen molar-refractivity contribution in [3.63, 3.8) is 0 Å². The first-order valence-electron chi connectivity index (χ1n) is 7.72. The number of anilines is 1. The molecular weight excluding hydrogens is 272 g/mol. The average molecular weight is 294 g/mol. The molecule has 3 heteroatoms. The summed E-state index contributed by atoms with van der Waals surface area (Å²) >= 11 is 0. The number of carbonyl (C=O) groups is 1. The summed E-state index contributed by atoms with van der Waals surface area (Å²) < 4.78 is 0. The Morgan fingerprint density at radius 2 is 1.82 bits per heavy atom. The predicted molar refractivity (Wildman–Crippen MR) is 89.8 cm³/mol. The van der Waals surface area contributed by atoms with Gasteiger partial charge in [0.05, 0.1) is 0 Å². The number of hydrogen-bond donors (Lipinski definition) is 2. The van der Waals surface area contributed by atoms with Crippen LogP contribution in [0, 0.1) is 0 Å². The largest absolute Gasteiger partial charge is 0.326 e. The highest BCUT2D eigenvalue weighted by Crippen LogP contribution is 2.36. The fourth-order valence-electron chi connectivity index (χ4n) is 3.06. The third-order valence-corrected chi connectivity index (χ3v) is 4.68. The molecule has 114 valence electrons. The van der Waals surface area contributed by atoms with Crippen molar-refractivity contribution >= 4 is 11.6 Å². The minimum absolute atomic E-state index is 0.0918. The SMILES string of the molecule is CC(C)(c1ccccc1)C(N)c1ccc2c(c1)CCC(=O)N2. The lowest BCUT2D eigenvalue weighted by Gasteiger charge is -2.33. The van der Waals surface area contributed by atoms with E-state index >= 15 is 0 Å². The van der Waals surface area contributed by atoms with E-state index in [-0.39, 0.29) is 17.4 Å². The van der Waals surface area contributed by atoms with Crippen LogP contribution in [0.15, 0.2) is 48.5 Å². The minimum Gasteiger partial charge on any atom is -0.326 e. The third-order valence-electron chi connectivity index (χ3n) is 4.68. The molecule has 0 aliphatic carbocycles. The maximum atomic E-state index is 11.5. The van der Waals surface area contributed by atoms with Gasteiger partial charge in [-0.3, -0.25) is 4.79 Å². The number of rotatable bonds is 3. The van der Waals surface area contributed by atoms with E-state index in [0.29, 0.717) is 6.42 Å². The molecule has 0 bridgehead atoms. The van der Waals surface area contributed by atoms with Gasteiger partial charge in [-0.15, -0.1) is 0 Å². The molecule has 22 heavy (non-hydrogen) atoms. The van der Waals surface area contributed by atoms with Crippen LogP contribution in [0.2, 0.25) is 0 Å². The van der Waals surface area contributed by atoms with Gasteiger partial charge in [0.2, 0.25) is 5.91 Å². The Kier molecular flexibility index (Phi) is 3.75. The number of benzene rings is 2. The van der Waals surface area contributed by atoms with Crippen molar-refractivity contribution in [3.05, 3.63) is 65.2 Å². The van der Waals surface area contributed by atoms with Gasteiger partial charge in [0.25, 0.3) is 0 Å². The van der Waals surface area contributed by atoms with Crippen molar-refractivity contribution in [2.24, 2.45) is 5.73 Å². The van der Waals surface area contributed by atoms with Crippen LogP contribution in [0.4, 0.5) is 5.69 Å². The molecule has 0 spiro atoms. The molecule has 1 aliphatic heterocycles. The molecular formula is C19H22N2O. The molecule has 1 amide bonds. The zero-order valence-corrected chi connectivity index (χ0v) is 13.1. The highest BCUT2D eigenvalue weighted by atomic mass is 16.1. The van der Waals surface area contributed by atoms with E-state index in [0.717, 1.165) is 17.7 Å². The minimum atomic E-state index is -0.159. The lowest BCUT2D eigenvalue weighted by molar-refractivity contribution is -0.116. The molecule has 0 fully saturated rings. The van der Waals surface area contributed by atoms with E-state index in [9.17, 15) is 4.79 Å². The van der Waals surface area contributed by atoms with Crippen LogP contribution < -0.4 is 11.1 Å². The quantitative estimate of drug-likeness (QED) is 0.909. The highest BCUT2D eigenvalue weighted by Gasteiger charge is 2.30. The fourth-order valence-corrected chi connectivity index (χ4v) is 3.06. The van der Waals surface area contributed by atoms with Gasteiger partial charge < -0.3 is 11.1 Å². The van der Waals surface area contributed by atoms with Gasteiger partial charge in [0.15, 0.2) is 0 Å². The van der Waals surface area contributed by atoms with Crippen LogP contribution in [0.25, 0.3) is 0 Å². The second-order valence-electron chi connectivity index (χ2n) is 6.53. The zero-order valence-electron chi connectivity index (χ0n) is 13.1. The summed E-state index contributed by atoms with van der Waals surface area (Å²) in [5.41, 5.74) is 10.9. The molecule has 0 aromatic heterocycles. The fraction of sp³-hybridized carbons (Fsp3) is 0.316. The molecule has 0 radical (unpaired) electrons. The molecule has 3 rings (SSSR count). The van der Waals surface area contributed by atoms with Crippen LogP contribution in [-0.2, 0) is 16.6 Å². The Morgan fingerprint density at radius 1 is 1.09 bits per heavy atom. The number of aryl methyl sites for hydroxylation is 1. The van der Waals surface area contributed by atoms with Crippen molar-refractivity contribution in [3.8, 4) is 0 Å². The van der Waals surface area contributed by atoms with Crippen LogP contribution in [-0.4, -0.2) is 5.91 Å². The predicted octanol–water partition coefficient (Wildman–Crippen LogP) is 3.55. The van der Waals surface area contributed by atoms with E-state index in [1.807, 2.05) is 30.3 Å². The topological polar surface area (TPSA) is 55.1 Å². The van der Waals surface area contributed by atoms with Crippen molar-refractivity contribution in [2.75, 3.05) is 5.32 Å². The molecule has 2 aromatic rings. The first-order chi connectivity index (χ1) is 10.5. The highest BCUT2D eigenvalue weighted by molar-refractivity contribution is 5.93. The lowest BCUT2D eigenvalue weighted by Crippen LogP contribution is -2.33. The molecule has 1 unspecified atom stereocenters. The maximum Gasteiger partial charge on any atom is 0.224 e. The Balaban J connectivity index is 1.92. The van der Waals surface area contributed by atoms with Gasteiger partial charge in [-0.05, 0) is 29.2 Å². The number of nitrogens with one attached hydrogen (secondary N) is 1. The zero-order chi connectivity index (χ0) is 15.7. The van der Waals surface area contributed by atoms with Crippen LogP contribution >= 0.6 is 0 Å². The first-order valence-corrected chi connectivity index (χ1v) is 7.72. The van der Waals surface area contributed by atoms with E-state index in [1.54, 1.807) is 0 Å². The Hall–Kier alpha value is -2.13.